The summed E-state index contributed by atoms with van der Waals surface area (Å²) in [7, 11) is 1.64. The quantitative estimate of drug-likeness (QED) is 0.287. The second-order valence-electron chi connectivity index (χ2n) is 7.30. The van der Waals surface area contributed by atoms with Crippen molar-refractivity contribution in [2.45, 2.75) is 19.6 Å². The van der Waals surface area contributed by atoms with Crippen molar-refractivity contribution in [3.05, 3.63) is 93.6 Å². The number of aromatic nitrogens is 1. The Bertz CT molecular complexity index is 1170. The molecule has 1 heterocycles. The maximum Gasteiger partial charge on any atom is 0.161 e. The van der Waals surface area contributed by atoms with Crippen molar-refractivity contribution in [1.29, 1.82) is 0 Å². The van der Waals surface area contributed by atoms with Crippen LogP contribution >= 0.6 is 23.2 Å². The maximum absolute atomic E-state index is 6.23. The number of benzene rings is 3. The molecule has 0 unspecified atom stereocenters. The van der Waals surface area contributed by atoms with E-state index >= 15 is 0 Å². The average molecular weight is 455 g/mol. The lowest BCUT2D eigenvalue weighted by Gasteiger charge is -2.13. The Hall–Kier alpha value is -2.66. The average Bonchev–Trinajstić information content (AvgIpc) is 3.19. The zero-order chi connectivity index (χ0) is 21.6. The molecule has 31 heavy (non-hydrogen) atoms. The number of rotatable bonds is 9. The predicted molar refractivity (Wildman–Crippen MR) is 127 cm³/mol. The smallest absolute Gasteiger partial charge is 0.161 e. The number of H-pyrrole nitrogens is 1. The zero-order valence-corrected chi connectivity index (χ0v) is 18.8. The van der Waals surface area contributed by atoms with Crippen molar-refractivity contribution >= 4 is 34.1 Å². The van der Waals surface area contributed by atoms with Crippen molar-refractivity contribution in [3.63, 3.8) is 0 Å². The van der Waals surface area contributed by atoms with E-state index in [4.69, 9.17) is 32.7 Å². The lowest BCUT2D eigenvalue weighted by Crippen LogP contribution is -2.16. The molecule has 0 fully saturated rings. The largest absolute Gasteiger partial charge is 0.493 e. The first-order chi connectivity index (χ1) is 15.1. The molecule has 0 bridgehead atoms. The SMILES string of the molecule is COc1cc(CNCCc2c[nH]c3ccccc23)ccc1OCc1ccc(Cl)cc1Cl. The number of halogens is 2. The van der Waals surface area contributed by atoms with Crippen LogP contribution in [0.1, 0.15) is 16.7 Å². The van der Waals surface area contributed by atoms with E-state index in [9.17, 15) is 0 Å². The molecule has 6 heteroatoms. The molecule has 0 saturated carbocycles. The van der Waals surface area contributed by atoms with Crippen LogP contribution in [0.5, 0.6) is 11.5 Å². The third-order valence-electron chi connectivity index (χ3n) is 5.20. The van der Waals surface area contributed by atoms with Crippen LogP contribution in [0.2, 0.25) is 10.0 Å². The van der Waals surface area contributed by atoms with Gasteiger partial charge in [-0.15, -0.1) is 0 Å². The number of fused-ring (bicyclic) bond motifs is 1. The molecule has 0 aliphatic heterocycles. The highest BCUT2D eigenvalue weighted by atomic mass is 35.5. The standard InChI is InChI=1S/C25H24Cl2N2O2/c1-30-25-12-17(6-9-24(25)31-16-19-7-8-20(26)13-22(19)27)14-28-11-10-18-15-29-23-5-3-2-4-21(18)23/h2-9,12-13,15,28-29H,10-11,14,16H2,1H3. The molecule has 4 aromatic rings. The van der Waals surface area contributed by atoms with E-state index in [2.05, 4.69) is 34.7 Å². The topological polar surface area (TPSA) is 46.3 Å². The van der Waals surface area contributed by atoms with Gasteiger partial charge < -0.3 is 19.8 Å². The Balaban J connectivity index is 1.32. The minimum absolute atomic E-state index is 0.342. The summed E-state index contributed by atoms with van der Waals surface area (Å²) >= 11 is 12.2. The minimum Gasteiger partial charge on any atom is -0.493 e. The number of hydrogen-bond acceptors (Lipinski definition) is 3. The number of aromatic amines is 1. The van der Waals surface area contributed by atoms with E-state index in [1.807, 2.05) is 30.3 Å². The molecule has 0 radical (unpaired) electrons. The summed E-state index contributed by atoms with van der Waals surface area (Å²) in [5.74, 6) is 1.37. The summed E-state index contributed by atoms with van der Waals surface area (Å²) in [4.78, 5) is 3.32. The van der Waals surface area contributed by atoms with Crippen LogP contribution in [0.3, 0.4) is 0 Å². The third-order valence-corrected chi connectivity index (χ3v) is 5.79. The second kappa shape index (κ2) is 10.1. The third kappa shape index (κ3) is 5.34. The lowest BCUT2D eigenvalue weighted by molar-refractivity contribution is 0.284. The summed E-state index contributed by atoms with van der Waals surface area (Å²) in [6.45, 7) is 1.98. The Kier molecular flexibility index (Phi) is 7.03. The monoisotopic (exact) mass is 454 g/mol. The molecular formula is C25H24Cl2N2O2. The molecule has 0 atom stereocenters. The number of methoxy groups -OCH3 is 1. The molecule has 3 aromatic carbocycles. The fourth-order valence-corrected chi connectivity index (χ4v) is 3.99. The van der Waals surface area contributed by atoms with Gasteiger partial charge in [0.2, 0.25) is 0 Å². The Morgan fingerprint density at radius 1 is 0.935 bits per heavy atom. The summed E-state index contributed by atoms with van der Waals surface area (Å²) in [6.07, 6.45) is 3.05. The lowest BCUT2D eigenvalue weighted by atomic mass is 10.1. The van der Waals surface area contributed by atoms with Gasteiger partial charge in [0, 0.05) is 39.3 Å². The highest BCUT2D eigenvalue weighted by molar-refractivity contribution is 6.35. The van der Waals surface area contributed by atoms with Crippen LogP contribution in [-0.2, 0) is 19.6 Å². The summed E-state index contributed by atoms with van der Waals surface area (Å²) in [5, 5.41) is 5.98. The molecule has 2 N–H and O–H groups in total. The molecule has 0 amide bonds. The first-order valence-electron chi connectivity index (χ1n) is 10.1. The Morgan fingerprint density at radius 2 is 1.81 bits per heavy atom. The molecule has 4 nitrogen and oxygen atoms in total. The van der Waals surface area contributed by atoms with Gasteiger partial charge in [-0.25, -0.2) is 0 Å². The molecular weight excluding hydrogens is 431 g/mol. The first kappa shape index (κ1) is 21.6. The van der Waals surface area contributed by atoms with Crippen LogP contribution in [0.15, 0.2) is 66.9 Å². The van der Waals surface area contributed by atoms with Crippen molar-refractivity contribution in [2.24, 2.45) is 0 Å². The van der Waals surface area contributed by atoms with Gasteiger partial charge in [-0.2, -0.15) is 0 Å². The van der Waals surface area contributed by atoms with Gasteiger partial charge in [-0.3, -0.25) is 0 Å². The van der Waals surface area contributed by atoms with E-state index in [-0.39, 0.29) is 0 Å². The maximum atomic E-state index is 6.23. The van der Waals surface area contributed by atoms with Gasteiger partial charge in [-0.05, 0) is 54.4 Å². The number of ether oxygens (including phenoxy) is 2. The Morgan fingerprint density at radius 3 is 2.65 bits per heavy atom. The van der Waals surface area contributed by atoms with E-state index in [1.54, 1.807) is 19.2 Å². The molecule has 0 aliphatic rings. The minimum atomic E-state index is 0.342. The molecule has 4 rings (SSSR count). The van der Waals surface area contributed by atoms with Crippen LogP contribution in [0.25, 0.3) is 10.9 Å². The predicted octanol–water partition coefficient (Wildman–Crippen LogP) is 6.39. The fourth-order valence-electron chi connectivity index (χ4n) is 3.53. The molecule has 0 spiro atoms. The van der Waals surface area contributed by atoms with Crippen molar-refractivity contribution in [1.82, 2.24) is 10.3 Å². The van der Waals surface area contributed by atoms with Crippen molar-refractivity contribution in [2.75, 3.05) is 13.7 Å². The second-order valence-corrected chi connectivity index (χ2v) is 8.14. The van der Waals surface area contributed by atoms with Crippen LogP contribution in [0, 0.1) is 0 Å². The number of para-hydroxylation sites is 1. The van der Waals surface area contributed by atoms with Crippen molar-refractivity contribution in [3.8, 4) is 11.5 Å². The number of nitrogens with one attached hydrogen (secondary N) is 2. The van der Waals surface area contributed by atoms with Gasteiger partial charge in [0.1, 0.15) is 6.61 Å². The zero-order valence-electron chi connectivity index (χ0n) is 17.3. The Labute approximate surface area is 192 Å². The normalized spacial score (nSPS) is 11.1. The van der Waals surface area contributed by atoms with Gasteiger partial charge in [0.05, 0.1) is 7.11 Å². The highest BCUT2D eigenvalue weighted by Crippen LogP contribution is 2.30. The van der Waals surface area contributed by atoms with E-state index in [0.717, 1.165) is 30.6 Å². The van der Waals surface area contributed by atoms with E-state index in [0.29, 0.717) is 28.2 Å². The van der Waals surface area contributed by atoms with Crippen LogP contribution in [0.4, 0.5) is 0 Å². The highest BCUT2D eigenvalue weighted by Gasteiger charge is 2.09. The fraction of sp³-hybridized carbons (Fsp3) is 0.200. The van der Waals surface area contributed by atoms with Crippen molar-refractivity contribution < 1.29 is 9.47 Å². The molecule has 0 saturated heterocycles. The molecule has 0 aliphatic carbocycles. The van der Waals surface area contributed by atoms with Gasteiger partial charge in [0.15, 0.2) is 11.5 Å². The van der Waals surface area contributed by atoms with Gasteiger partial charge >= 0.3 is 0 Å². The molecule has 160 valence electrons. The van der Waals surface area contributed by atoms with E-state index < -0.39 is 0 Å². The first-order valence-corrected chi connectivity index (χ1v) is 10.9. The number of hydrogen-bond donors (Lipinski definition) is 2. The summed E-state index contributed by atoms with van der Waals surface area (Å²) in [6, 6.07) is 19.7. The van der Waals surface area contributed by atoms with Gasteiger partial charge in [-0.1, -0.05) is 53.5 Å². The van der Waals surface area contributed by atoms with Gasteiger partial charge in [0.25, 0.3) is 0 Å². The van der Waals surface area contributed by atoms with Crippen LogP contribution in [-0.4, -0.2) is 18.6 Å². The summed E-state index contributed by atoms with van der Waals surface area (Å²) < 4.78 is 11.5. The molecule has 1 aromatic heterocycles. The van der Waals surface area contributed by atoms with Crippen LogP contribution < -0.4 is 14.8 Å². The summed E-state index contributed by atoms with van der Waals surface area (Å²) in [5.41, 5.74) is 4.51. The van der Waals surface area contributed by atoms with E-state index in [1.165, 1.54) is 16.5 Å².